The highest BCUT2D eigenvalue weighted by Gasteiger charge is 2.28. The van der Waals surface area contributed by atoms with E-state index in [1.165, 1.54) is 0 Å². The predicted octanol–water partition coefficient (Wildman–Crippen LogP) is 1.88. The Labute approximate surface area is 140 Å². The van der Waals surface area contributed by atoms with Crippen LogP contribution in [0.15, 0.2) is 16.8 Å². The van der Waals surface area contributed by atoms with Crippen molar-refractivity contribution in [2.75, 3.05) is 25.6 Å². The molecule has 0 unspecified atom stereocenters. The first kappa shape index (κ1) is 16.7. The van der Waals surface area contributed by atoms with Crippen molar-refractivity contribution in [3.8, 4) is 5.88 Å². The average molecular weight is 334 g/mol. The number of nitrogens with one attached hydrogen (secondary N) is 1. The molecule has 130 valence electrons. The van der Waals surface area contributed by atoms with Crippen LogP contribution in [0, 0.1) is 13.8 Å². The van der Waals surface area contributed by atoms with Crippen LogP contribution in [0.2, 0.25) is 0 Å². The van der Waals surface area contributed by atoms with Gasteiger partial charge in [0.1, 0.15) is 5.76 Å². The Kier molecular flexibility index (Phi) is 5.27. The Balaban J connectivity index is 1.64. The zero-order valence-electron chi connectivity index (χ0n) is 14.1. The summed E-state index contributed by atoms with van der Waals surface area (Å²) in [5.74, 6) is 1.80. The van der Waals surface area contributed by atoms with Gasteiger partial charge in [-0.3, -0.25) is 0 Å². The van der Waals surface area contributed by atoms with Crippen molar-refractivity contribution in [2.24, 2.45) is 0 Å². The van der Waals surface area contributed by atoms with Gasteiger partial charge in [-0.2, -0.15) is 4.98 Å². The quantitative estimate of drug-likeness (QED) is 0.856. The molecule has 0 bridgehead atoms. The van der Waals surface area contributed by atoms with Gasteiger partial charge in [-0.15, -0.1) is 0 Å². The molecule has 1 N–H and O–H groups in total. The summed E-state index contributed by atoms with van der Waals surface area (Å²) < 4.78 is 22.0. The van der Waals surface area contributed by atoms with Gasteiger partial charge in [-0.1, -0.05) is 5.16 Å². The van der Waals surface area contributed by atoms with Gasteiger partial charge >= 0.3 is 0 Å². The normalized spacial score (nSPS) is 20.8. The zero-order chi connectivity index (χ0) is 16.9. The van der Waals surface area contributed by atoms with Gasteiger partial charge in [0, 0.05) is 24.4 Å². The monoisotopic (exact) mass is 334 g/mol. The Morgan fingerprint density at radius 3 is 3.00 bits per heavy atom. The van der Waals surface area contributed by atoms with Crippen LogP contribution in [0.3, 0.4) is 0 Å². The molecule has 2 aromatic heterocycles. The smallest absolute Gasteiger partial charge is 0.226 e. The molecule has 8 heteroatoms. The first-order chi connectivity index (χ1) is 11.7. The second-order valence-electron chi connectivity index (χ2n) is 5.69. The molecule has 3 rings (SSSR count). The van der Waals surface area contributed by atoms with E-state index in [1.54, 1.807) is 19.4 Å². The van der Waals surface area contributed by atoms with Crippen molar-refractivity contribution in [1.82, 2.24) is 15.1 Å². The summed E-state index contributed by atoms with van der Waals surface area (Å²) in [7, 11) is 1.57. The first-order valence-electron chi connectivity index (χ1n) is 7.92. The van der Waals surface area contributed by atoms with Gasteiger partial charge in [0.25, 0.3) is 0 Å². The lowest BCUT2D eigenvalue weighted by molar-refractivity contribution is -0.0483. The molecule has 0 aromatic carbocycles. The minimum Gasteiger partial charge on any atom is -0.481 e. The molecule has 1 aliphatic rings. The van der Waals surface area contributed by atoms with Crippen LogP contribution in [0.5, 0.6) is 5.88 Å². The summed E-state index contributed by atoms with van der Waals surface area (Å²) in [6.45, 7) is 5.47. The molecule has 0 saturated carbocycles. The molecular formula is C16H22N4O4. The van der Waals surface area contributed by atoms with Crippen LogP contribution < -0.4 is 10.1 Å². The third-order valence-electron chi connectivity index (χ3n) is 4.07. The standard InChI is InChI=1S/C16H22N4O4/c1-10-12(11(2)24-20-10)8-23-14-5-7-22-9-13(14)18-16-17-6-4-15(19-16)21-3/h4,6,13-14H,5,7-9H2,1-3H3,(H,17,18,19)/t13-,14+/m1/s1. The highest BCUT2D eigenvalue weighted by Crippen LogP contribution is 2.20. The van der Waals surface area contributed by atoms with Gasteiger partial charge in [0.15, 0.2) is 0 Å². The van der Waals surface area contributed by atoms with E-state index in [-0.39, 0.29) is 12.1 Å². The van der Waals surface area contributed by atoms with Crippen molar-refractivity contribution < 1.29 is 18.7 Å². The lowest BCUT2D eigenvalue weighted by Crippen LogP contribution is -2.44. The summed E-state index contributed by atoms with van der Waals surface area (Å²) in [4.78, 5) is 8.49. The lowest BCUT2D eigenvalue weighted by atomic mass is 10.1. The number of hydrogen-bond donors (Lipinski definition) is 1. The highest BCUT2D eigenvalue weighted by atomic mass is 16.5. The van der Waals surface area contributed by atoms with Gasteiger partial charge < -0.3 is 24.1 Å². The fourth-order valence-electron chi connectivity index (χ4n) is 2.64. The molecule has 3 heterocycles. The van der Waals surface area contributed by atoms with Crippen LogP contribution in [0.4, 0.5) is 5.95 Å². The molecule has 24 heavy (non-hydrogen) atoms. The van der Waals surface area contributed by atoms with Crippen molar-refractivity contribution in [1.29, 1.82) is 0 Å². The predicted molar refractivity (Wildman–Crippen MR) is 86.0 cm³/mol. The number of methoxy groups -OCH3 is 1. The minimum atomic E-state index is -0.0358. The Hall–Kier alpha value is -2.19. The van der Waals surface area contributed by atoms with E-state index in [1.807, 2.05) is 13.8 Å². The van der Waals surface area contributed by atoms with E-state index in [4.69, 9.17) is 18.7 Å². The minimum absolute atomic E-state index is 0.0118. The van der Waals surface area contributed by atoms with E-state index < -0.39 is 0 Å². The van der Waals surface area contributed by atoms with Crippen molar-refractivity contribution in [3.63, 3.8) is 0 Å². The molecule has 1 saturated heterocycles. The summed E-state index contributed by atoms with van der Waals surface area (Å²) in [5.41, 5.74) is 1.86. The summed E-state index contributed by atoms with van der Waals surface area (Å²) >= 11 is 0. The van der Waals surface area contributed by atoms with Crippen molar-refractivity contribution in [2.45, 2.75) is 39.0 Å². The van der Waals surface area contributed by atoms with E-state index in [0.29, 0.717) is 31.6 Å². The molecular weight excluding hydrogens is 312 g/mol. The van der Waals surface area contributed by atoms with Crippen LogP contribution in [0.25, 0.3) is 0 Å². The second kappa shape index (κ2) is 7.59. The van der Waals surface area contributed by atoms with Gasteiger partial charge in [0.05, 0.1) is 38.2 Å². The number of aryl methyl sites for hydroxylation is 2. The van der Waals surface area contributed by atoms with E-state index in [9.17, 15) is 0 Å². The molecule has 0 radical (unpaired) electrons. The first-order valence-corrected chi connectivity index (χ1v) is 7.92. The number of anilines is 1. The van der Waals surface area contributed by atoms with Crippen LogP contribution in [-0.2, 0) is 16.1 Å². The summed E-state index contributed by atoms with van der Waals surface area (Å²) in [6, 6.07) is 1.67. The molecule has 8 nitrogen and oxygen atoms in total. The molecule has 2 aromatic rings. The maximum Gasteiger partial charge on any atom is 0.226 e. The number of aromatic nitrogens is 3. The Morgan fingerprint density at radius 1 is 1.38 bits per heavy atom. The third kappa shape index (κ3) is 3.82. The van der Waals surface area contributed by atoms with Gasteiger partial charge in [-0.25, -0.2) is 4.98 Å². The molecule has 0 aliphatic carbocycles. The fraction of sp³-hybridized carbons (Fsp3) is 0.562. The number of ether oxygens (including phenoxy) is 3. The maximum absolute atomic E-state index is 6.10. The third-order valence-corrected chi connectivity index (χ3v) is 4.07. The largest absolute Gasteiger partial charge is 0.481 e. The fourth-order valence-corrected chi connectivity index (χ4v) is 2.64. The van der Waals surface area contributed by atoms with Crippen molar-refractivity contribution in [3.05, 3.63) is 29.3 Å². The number of rotatable bonds is 6. The van der Waals surface area contributed by atoms with Crippen LogP contribution >= 0.6 is 0 Å². The number of nitrogens with zero attached hydrogens (tertiary/aromatic N) is 3. The zero-order valence-corrected chi connectivity index (χ0v) is 14.1. The van der Waals surface area contributed by atoms with E-state index in [2.05, 4.69) is 20.4 Å². The highest BCUT2D eigenvalue weighted by molar-refractivity contribution is 5.29. The number of hydrogen-bond acceptors (Lipinski definition) is 8. The second-order valence-corrected chi connectivity index (χ2v) is 5.69. The molecule has 0 spiro atoms. The molecule has 0 amide bonds. The van der Waals surface area contributed by atoms with Crippen LogP contribution in [-0.4, -0.2) is 47.6 Å². The van der Waals surface area contributed by atoms with Gasteiger partial charge in [-0.05, 0) is 20.3 Å². The topological polar surface area (TPSA) is 91.5 Å². The maximum atomic E-state index is 6.10. The Morgan fingerprint density at radius 2 is 2.25 bits per heavy atom. The molecule has 1 aliphatic heterocycles. The summed E-state index contributed by atoms with van der Waals surface area (Å²) in [6.07, 6.45) is 2.44. The molecule has 1 fully saturated rings. The SMILES string of the molecule is COc1ccnc(N[C@@H]2COCC[C@@H]2OCc2c(C)noc2C)n1. The Bertz CT molecular complexity index is 656. The van der Waals surface area contributed by atoms with Crippen molar-refractivity contribution >= 4 is 5.95 Å². The van der Waals surface area contributed by atoms with E-state index >= 15 is 0 Å². The summed E-state index contributed by atoms with van der Waals surface area (Å²) in [5, 5.41) is 7.23. The average Bonchev–Trinajstić information content (AvgIpc) is 2.92. The van der Waals surface area contributed by atoms with Gasteiger partial charge in [0.2, 0.25) is 11.8 Å². The molecule has 2 atom stereocenters. The van der Waals surface area contributed by atoms with Crippen LogP contribution in [0.1, 0.15) is 23.4 Å². The van der Waals surface area contributed by atoms with E-state index in [0.717, 1.165) is 23.4 Å². The lowest BCUT2D eigenvalue weighted by Gasteiger charge is -2.32.